The van der Waals surface area contributed by atoms with Gasteiger partial charge in [-0.25, -0.2) is 4.39 Å². The highest BCUT2D eigenvalue weighted by Gasteiger charge is 2.19. The number of halogens is 1. The van der Waals surface area contributed by atoms with Crippen molar-refractivity contribution >= 4 is 23.4 Å². The number of nitrogens with two attached hydrogens (primary N) is 1. The molecule has 0 bridgehead atoms. The number of nitrogen functional groups attached to an aromatic ring is 1. The summed E-state index contributed by atoms with van der Waals surface area (Å²) in [5, 5.41) is 8.11. The van der Waals surface area contributed by atoms with Gasteiger partial charge in [0.2, 0.25) is 0 Å². The van der Waals surface area contributed by atoms with Gasteiger partial charge in [0.1, 0.15) is 11.1 Å². The molecule has 0 amide bonds. The molecule has 1 unspecified atom stereocenters. The third-order valence-electron chi connectivity index (χ3n) is 1.77. The molecule has 0 spiro atoms. The van der Waals surface area contributed by atoms with E-state index in [0.717, 1.165) is 11.8 Å². The fourth-order valence-electron chi connectivity index (χ4n) is 1.12. The van der Waals surface area contributed by atoms with Crippen LogP contribution in [0.15, 0.2) is 23.1 Å². The molecule has 0 aliphatic carbocycles. The van der Waals surface area contributed by atoms with Crippen molar-refractivity contribution in [2.45, 2.75) is 10.1 Å². The van der Waals surface area contributed by atoms with E-state index in [4.69, 9.17) is 15.6 Å². The summed E-state index contributed by atoms with van der Waals surface area (Å²) in [5.74, 6) is -1.49. The second kappa shape index (κ2) is 5.72. The van der Waals surface area contributed by atoms with Crippen molar-refractivity contribution in [3.8, 4) is 0 Å². The Labute approximate surface area is 96.6 Å². The van der Waals surface area contributed by atoms with Crippen LogP contribution < -0.4 is 5.73 Å². The first kappa shape index (κ1) is 12.8. The first-order valence-corrected chi connectivity index (χ1v) is 5.35. The van der Waals surface area contributed by atoms with Gasteiger partial charge < -0.3 is 15.6 Å². The van der Waals surface area contributed by atoms with Crippen molar-refractivity contribution in [1.82, 2.24) is 0 Å². The maximum atomic E-state index is 13.0. The van der Waals surface area contributed by atoms with Crippen LogP contribution in [-0.4, -0.2) is 30.0 Å². The number of benzene rings is 1. The molecule has 4 nitrogen and oxygen atoms in total. The number of carbonyl (C=O) groups is 1. The summed E-state index contributed by atoms with van der Waals surface area (Å²) in [6, 6.07) is 3.95. The van der Waals surface area contributed by atoms with E-state index in [1.165, 1.54) is 25.3 Å². The van der Waals surface area contributed by atoms with E-state index in [9.17, 15) is 9.18 Å². The Morgan fingerprint density at radius 3 is 2.81 bits per heavy atom. The molecule has 1 aromatic rings. The van der Waals surface area contributed by atoms with Gasteiger partial charge in [-0.3, -0.25) is 4.79 Å². The zero-order valence-electron chi connectivity index (χ0n) is 8.64. The van der Waals surface area contributed by atoms with E-state index in [2.05, 4.69) is 0 Å². The van der Waals surface area contributed by atoms with Crippen LogP contribution in [0.2, 0.25) is 0 Å². The normalized spacial score (nSPS) is 12.4. The van der Waals surface area contributed by atoms with Crippen LogP contribution in [-0.2, 0) is 9.53 Å². The highest BCUT2D eigenvalue weighted by atomic mass is 32.2. The molecule has 0 saturated carbocycles. The zero-order chi connectivity index (χ0) is 12.1. The summed E-state index contributed by atoms with van der Waals surface area (Å²) in [7, 11) is 1.41. The summed E-state index contributed by atoms with van der Waals surface area (Å²) in [4.78, 5) is 11.3. The minimum absolute atomic E-state index is 0.0520. The zero-order valence-corrected chi connectivity index (χ0v) is 9.46. The summed E-state index contributed by atoms with van der Waals surface area (Å²) >= 11 is 1.01. The number of carboxylic acid groups (broad SMARTS) is 1. The second-order valence-corrected chi connectivity index (χ2v) is 4.40. The number of methoxy groups -OCH3 is 1. The predicted octanol–water partition coefficient (Wildman–Crippen LogP) is 1.60. The molecule has 0 radical (unpaired) electrons. The van der Waals surface area contributed by atoms with Crippen molar-refractivity contribution in [2.24, 2.45) is 0 Å². The number of carboxylic acids is 1. The van der Waals surface area contributed by atoms with Gasteiger partial charge in [0, 0.05) is 17.7 Å². The average Bonchev–Trinajstić information content (AvgIpc) is 2.15. The maximum Gasteiger partial charge on any atom is 0.319 e. The summed E-state index contributed by atoms with van der Waals surface area (Å²) in [6.07, 6.45) is 0. The van der Waals surface area contributed by atoms with Gasteiger partial charge in [0.05, 0.1) is 6.61 Å². The molecule has 0 aliphatic rings. The lowest BCUT2D eigenvalue weighted by Gasteiger charge is -2.11. The van der Waals surface area contributed by atoms with E-state index in [0.29, 0.717) is 4.90 Å². The van der Waals surface area contributed by atoms with E-state index < -0.39 is 17.0 Å². The van der Waals surface area contributed by atoms with Crippen LogP contribution in [0, 0.1) is 5.82 Å². The third kappa shape index (κ3) is 3.71. The molecule has 0 heterocycles. The van der Waals surface area contributed by atoms with Crippen LogP contribution in [0.25, 0.3) is 0 Å². The molecule has 1 rings (SSSR count). The molecule has 6 heteroatoms. The maximum absolute atomic E-state index is 13.0. The van der Waals surface area contributed by atoms with Crippen LogP contribution >= 0.6 is 11.8 Å². The topological polar surface area (TPSA) is 72.5 Å². The minimum Gasteiger partial charge on any atom is -0.480 e. The number of thioether (sulfide) groups is 1. The Morgan fingerprint density at radius 1 is 1.62 bits per heavy atom. The molecule has 1 atom stereocenters. The lowest BCUT2D eigenvalue weighted by Crippen LogP contribution is -2.21. The quantitative estimate of drug-likeness (QED) is 0.609. The molecule has 0 aliphatic heterocycles. The van der Waals surface area contributed by atoms with E-state index in [1.54, 1.807) is 0 Å². The van der Waals surface area contributed by atoms with Crippen molar-refractivity contribution in [3.05, 3.63) is 24.0 Å². The van der Waals surface area contributed by atoms with Gasteiger partial charge in [-0.2, -0.15) is 0 Å². The monoisotopic (exact) mass is 245 g/mol. The van der Waals surface area contributed by atoms with Crippen LogP contribution in [0.5, 0.6) is 0 Å². The standard InChI is InChI=1S/C10H12FNO3S/c1-15-5-9(10(13)14)16-8-3-6(11)2-7(12)4-8/h2-4,9H,5,12H2,1H3,(H,13,14). The van der Waals surface area contributed by atoms with E-state index in [-0.39, 0.29) is 12.3 Å². The number of aliphatic carboxylic acids is 1. The molecule has 0 aromatic heterocycles. The van der Waals surface area contributed by atoms with Crippen molar-refractivity contribution in [2.75, 3.05) is 19.5 Å². The summed E-state index contributed by atoms with van der Waals surface area (Å²) in [5.41, 5.74) is 5.72. The lowest BCUT2D eigenvalue weighted by atomic mass is 10.3. The average molecular weight is 245 g/mol. The SMILES string of the molecule is COCC(Sc1cc(N)cc(F)c1)C(=O)O. The van der Waals surface area contributed by atoms with Gasteiger partial charge in [-0.15, -0.1) is 11.8 Å². The molecule has 16 heavy (non-hydrogen) atoms. The Bertz CT molecular complexity index is 366. The van der Waals surface area contributed by atoms with Gasteiger partial charge in [0.25, 0.3) is 0 Å². The first-order valence-electron chi connectivity index (χ1n) is 4.47. The molecule has 3 N–H and O–H groups in total. The largest absolute Gasteiger partial charge is 0.480 e. The minimum atomic E-state index is -1.00. The fraction of sp³-hybridized carbons (Fsp3) is 0.300. The fourth-order valence-corrected chi connectivity index (χ4v) is 2.14. The summed E-state index contributed by atoms with van der Waals surface area (Å²) in [6.45, 7) is 0.0520. The smallest absolute Gasteiger partial charge is 0.319 e. The highest BCUT2D eigenvalue weighted by molar-refractivity contribution is 8.00. The van der Waals surface area contributed by atoms with Crippen molar-refractivity contribution in [1.29, 1.82) is 0 Å². The second-order valence-electron chi connectivity index (χ2n) is 3.12. The van der Waals surface area contributed by atoms with Crippen molar-refractivity contribution < 1.29 is 19.0 Å². The Morgan fingerprint density at radius 2 is 2.31 bits per heavy atom. The van der Waals surface area contributed by atoms with Crippen LogP contribution in [0.3, 0.4) is 0 Å². The van der Waals surface area contributed by atoms with Gasteiger partial charge >= 0.3 is 5.97 Å². The predicted molar refractivity (Wildman–Crippen MR) is 60.0 cm³/mol. The molecular weight excluding hydrogens is 233 g/mol. The van der Waals surface area contributed by atoms with Gasteiger partial charge in [-0.1, -0.05) is 0 Å². The Kier molecular flexibility index (Phi) is 4.57. The van der Waals surface area contributed by atoms with Crippen LogP contribution in [0.4, 0.5) is 10.1 Å². The lowest BCUT2D eigenvalue weighted by molar-refractivity contribution is -0.137. The molecule has 0 fully saturated rings. The summed E-state index contributed by atoms with van der Waals surface area (Å²) < 4.78 is 17.8. The number of hydrogen-bond acceptors (Lipinski definition) is 4. The number of rotatable bonds is 5. The van der Waals surface area contributed by atoms with E-state index in [1.807, 2.05) is 0 Å². The first-order chi connectivity index (χ1) is 7.52. The van der Waals surface area contributed by atoms with E-state index >= 15 is 0 Å². The molecular formula is C10H12FNO3S. The highest BCUT2D eigenvalue weighted by Crippen LogP contribution is 2.26. The molecule has 0 saturated heterocycles. The third-order valence-corrected chi connectivity index (χ3v) is 2.90. The number of ether oxygens (including phenoxy) is 1. The Balaban J connectivity index is 2.80. The van der Waals surface area contributed by atoms with Crippen molar-refractivity contribution in [3.63, 3.8) is 0 Å². The number of hydrogen-bond donors (Lipinski definition) is 2. The molecule has 88 valence electrons. The van der Waals surface area contributed by atoms with Crippen LogP contribution in [0.1, 0.15) is 0 Å². The number of anilines is 1. The van der Waals surface area contributed by atoms with Gasteiger partial charge in [0.15, 0.2) is 0 Å². The Hall–Kier alpha value is -1.27. The van der Waals surface area contributed by atoms with Gasteiger partial charge in [-0.05, 0) is 18.2 Å². The molecule has 1 aromatic carbocycles.